The smallest absolute Gasteiger partial charge is 0.258 e. The predicted molar refractivity (Wildman–Crippen MR) is 129 cm³/mol. The number of aromatic nitrogens is 1. The van der Waals surface area contributed by atoms with Crippen LogP contribution in [0.3, 0.4) is 0 Å². The van der Waals surface area contributed by atoms with Crippen LogP contribution in [0.4, 0.5) is 5.69 Å². The molecule has 0 aliphatic heterocycles. The summed E-state index contributed by atoms with van der Waals surface area (Å²) in [7, 11) is 0. The van der Waals surface area contributed by atoms with E-state index in [1.54, 1.807) is 12.1 Å². The zero-order valence-corrected chi connectivity index (χ0v) is 19.3. The van der Waals surface area contributed by atoms with E-state index in [1.807, 2.05) is 46.6 Å². The molecule has 3 aromatic rings. The van der Waals surface area contributed by atoms with Gasteiger partial charge in [0.15, 0.2) is 0 Å². The lowest BCUT2D eigenvalue weighted by atomic mass is 9.96. The lowest BCUT2D eigenvalue weighted by Gasteiger charge is -2.16. The summed E-state index contributed by atoms with van der Waals surface area (Å²) < 4.78 is 2.93. The Bertz CT molecular complexity index is 1150. The molecule has 8 heteroatoms. The summed E-state index contributed by atoms with van der Waals surface area (Å²) in [5.74, 6) is 0. The van der Waals surface area contributed by atoms with Gasteiger partial charge in [-0.2, -0.15) is 5.10 Å². The van der Waals surface area contributed by atoms with Gasteiger partial charge in [-0.05, 0) is 41.5 Å². The van der Waals surface area contributed by atoms with E-state index in [1.165, 1.54) is 36.7 Å². The number of benzene rings is 2. The van der Waals surface area contributed by atoms with Crippen molar-refractivity contribution in [3.63, 3.8) is 0 Å². The van der Waals surface area contributed by atoms with Gasteiger partial charge in [0.05, 0.1) is 22.9 Å². The molecule has 1 fully saturated rings. The fourth-order valence-corrected chi connectivity index (χ4v) is 4.98. The van der Waals surface area contributed by atoms with Gasteiger partial charge in [-0.15, -0.1) is 11.3 Å². The Morgan fingerprint density at radius 3 is 2.70 bits per heavy atom. The van der Waals surface area contributed by atoms with Gasteiger partial charge < -0.3 is 0 Å². The highest BCUT2D eigenvalue weighted by atomic mass is 127. The van der Waals surface area contributed by atoms with Crippen molar-refractivity contribution in [2.45, 2.75) is 38.1 Å². The van der Waals surface area contributed by atoms with Crippen LogP contribution in [0.1, 0.15) is 37.7 Å². The molecule has 1 aromatic heterocycles. The molecule has 1 saturated carbocycles. The third-order valence-corrected chi connectivity index (χ3v) is 6.94. The van der Waals surface area contributed by atoms with E-state index in [4.69, 9.17) is 10.1 Å². The Morgan fingerprint density at radius 2 is 1.93 bits per heavy atom. The fourth-order valence-electron chi connectivity index (χ4n) is 3.54. The van der Waals surface area contributed by atoms with Crippen LogP contribution in [0.5, 0.6) is 0 Å². The Labute approximate surface area is 192 Å². The molecule has 0 amide bonds. The number of nitro groups is 1. The summed E-state index contributed by atoms with van der Waals surface area (Å²) in [4.78, 5) is 16.7. The second-order valence-corrected chi connectivity index (χ2v) is 9.21. The van der Waals surface area contributed by atoms with Gasteiger partial charge in [0.1, 0.15) is 0 Å². The number of hydrogen-bond acceptors (Lipinski definition) is 5. The van der Waals surface area contributed by atoms with Crippen molar-refractivity contribution < 1.29 is 4.92 Å². The highest BCUT2D eigenvalue weighted by molar-refractivity contribution is 14.1. The monoisotopic (exact) mass is 532 g/mol. The molecule has 0 bridgehead atoms. The molecule has 0 unspecified atom stereocenters. The highest BCUT2D eigenvalue weighted by Crippen LogP contribution is 2.25. The molecule has 1 aliphatic rings. The van der Waals surface area contributed by atoms with Gasteiger partial charge in [-0.1, -0.05) is 49.6 Å². The minimum Gasteiger partial charge on any atom is -0.258 e. The van der Waals surface area contributed by atoms with Crippen molar-refractivity contribution >= 4 is 45.8 Å². The van der Waals surface area contributed by atoms with Gasteiger partial charge >= 0.3 is 0 Å². The third kappa shape index (κ3) is 4.86. The van der Waals surface area contributed by atoms with Crippen molar-refractivity contribution in [2.24, 2.45) is 10.1 Å². The summed E-state index contributed by atoms with van der Waals surface area (Å²) in [6, 6.07) is 15.0. The maximum absolute atomic E-state index is 11.2. The van der Waals surface area contributed by atoms with Crippen LogP contribution in [-0.4, -0.2) is 21.9 Å². The van der Waals surface area contributed by atoms with Crippen LogP contribution in [0.25, 0.3) is 11.3 Å². The molecule has 0 atom stereocenters. The molecule has 2 aromatic carbocycles. The standard InChI is InChI=1S/C22H21IN4O2S/c23-20-12-5-4-7-17(20)14-24-26-21(16-8-6-11-19(13-16)27(28)29)15-30-22(26)25-18-9-2-1-3-10-18/h4-8,11-15,18H,1-3,9-10H2. The van der Waals surface area contributed by atoms with Gasteiger partial charge in [0.2, 0.25) is 4.80 Å². The topological polar surface area (TPSA) is 72.8 Å². The minimum absolute atomic E-state index is 0.0672. The number of halogens is 1. The van der Waals surface area contributed by atoms with E-state index in [2.05, 4.69) is 22.6 Å². The molecular formula is C22H21IN4O2S. The van der Waals surface area contributed by atoms with Crippen molar-refractivity contribution in [3.05, 3.63) is 78.0 Å². The van der Waals surface area contributed by atoms with Crippen LogP contribution in [0.2, 0.25) is 0 Å². The number of hydrogen-bond donors (Lipinski definition) is 0. The lowest BCUT2D eigenvalue weighted by molar-refractivity contribution is -0.384. The molecule has 6 nitrogen and oxygen atoms in total. The van der Waals surface area contributed by atoms with Gasteiger partial charge in [-0.25, -0.2) is 4.68 Å². The average Bonchev–Trinajstić information content (AvgIpc) is 3.16. The molecule has 154 valence electrons. The average molecular weight is 532 g/mol. The van der Waals surface area contributed by atoms with Crippen LogP contribution in [-0.2, 0) is 0 Å². The first kappa shape index (κ1) is 20.9. The molecule has 0 spiro atoms. The summed E-state index contributed by atoms with van der Waals surface area (Å²) in [6.07, 6.45) is 7.73. The molecule has 0 radical (unpaired) electrons. The lowest BCUT2D eigenvalue weighted by Crippen LogP contribution is -2.19. The Kier molecular flexibility index (Phi) is 6.73. The van der Waals surface area contributed by atoms with E-state index in [0.717, 1.165) is 38.0 Å². The first-order chi connectivity index (χ1) is 14.6. The number of thiazole rings is 1. The first-order valence-electron chi connectivity index (χ1n) is 9.90. The minimum atomic E-state index is -0.372. The molecule has 30 heavy (non-hydrogen) atoms. The molecule has 0 N–H and O–H groups in total. The molecule has 4 rings (SSSR count). The number of nitro benzene ring substituents is 1. The largest absolute Gasteiger partial charge is 0.270 e. The fraction of sp³-hybridized carbons (Fsp3) is 0.273. The van der Waals surface area contributed by atoms with Crippen molar-refractivity contribution in [1.29, 1.82) is 0 Å². The third-order valence-electron chi connectivity index (χ3n) is 5.12. The van der Waals surface area contributed by atoms with E-state index < -0.39 is 0 Å². The Hall–Kier alpha value is -2.33. The molecule has 0 saturated heterocycles. The van der Waals surface area contributed by atoms with E-state index in [9.17, 15) is 10.1 Å². The second-order valence-electron chi connectivity index (χ2n) is 7.21. The van der Waals surface area contributed by atoms with Crippen molar-refractivity contribution in [1.82, 2.24) is 4.68 Å². The zero-order valence-electron chi connectivity index (χ0n) is 16.3. The van der Waals surface area contributed by atoms with Crippen LogP contribution >= 0.6 is 33.9 Å². The van der Waals surface area contributed by atoms with Crippen LogP contribution < -0.4 is 4.80 Å². The molecule has 1 aliphatic carbocycles. The number of nitrogens with zero attached hydrogens (tertiary/aromatic N) is 4. The summed E-state index contributed by atoms with van der Waals surface area (Å²) in [5.41, 5.74) is 2.65. The first-order valence-corrected chi connectivity index (χ1v) is 11.9. The van der Waals surface area contributed by atoms with Crippen LogP contribution in [0, 0.1) is 13.7 Å². The van der Waals surface area contributed by atoms with Crippen molar-refractivity contribution in [3.8, 4) is 11.3 Å². The number of rotatable bonds is 5. The summed E-state index contributed by atoms with van der Waals surface area (Å²) >= 11 is 3.82. The second kappa shape index (κ2) is 9.65. The maximum Gasteiger partial charge on any atom is 0.270 e. The SMILES string of the molecule is O=[N+]([O-])c1cccc(-c2csc(=NC3CCCCC3)n2N=Cc2ccccc2I)c1. The zero-order chi connectivity index (χ0) is 20.9. The van der Waals surface area contributed by atoms with Crippen molar-refractivity contribution in [2.75, 3.05) is 0 Å². The van der Waals surface area contributed by atoms with Crippen LogP contribution in [0.15, 0.2) is 64.0 Å². The maximum atomic E-state index is 11.2. The summed E-state index contributed by atoms with van der Waals surface area (Å²) in [5, 5.41) is 18.0. The normalized spacial score (nSPS) is 15.7. The quantitative estimate of drug-likeness (QED) is 0.179. The van der Waals surface area contributed by atoms with Gasteiger partial charge in [0, 0.05) is 32.2 Å². The number of non-ortho nitro benzene ring substituents is 1. The Morgan fingerprint density at radius 1 is 1.13 bits per heavy atom. The predicted octanol–water partition coefficient (Wildman–Crippen LogP) is 5.85. The highest BCUT2D eigenvalue weighted by Gasteiger charge is 2.15. The Balaban J connectivity index is 1.80. The molecule has 1 heterocycles. The van der Waals surface area contributed by atoms with E-state index in [0.29, 0.717) is 6.04 Å². The van der Waals surface area contributed by atoms with Gasteiger partial charge in [-0.3, -0.25) is 15.1 Å². The molecular weight excluding hydrogens is 511 g/mol. The summed E-state index contributed by atoms with van der Waals surface area (Å²) in [6.45, 7) is 0. The van der Waals surface area contributed by atoms with E-state index >= 15 is 0 Å². The van der Waals surface area contributed by atoms with E-state index in [-0.39, 0.29) is 10.6 Å². The van der Waals surface area contributed by atoms with Gasteiger partial charge in [0.25, 0.3) is 5.69 Å².